The second-order valence-corrected chi connectivity index (χ2v) is 5.50. The lowest BCUT2D eigenvalue weighted by molar-refractivity contribution is 0.477. The molecule has 3 heterocycles. The Kier molecular flexibility index (Phi) is 3.38. The average molecular weight is 272 g/mol. The van der Waals surface area contributed by atoms with E-state index in [9.17, 15) is 0 Å². The highest BCUT2D eigenvalue weighted by Crippen LogP contribution is 2.27. The second kappa shape index (κ2) is 5.19. The van der Waals surface area contributed by atoms with Crippen LogP contribution in [0.15, 0.2) is 12.4 Å². The van der Waals surface area contributed by atoms with E-state index in [2.05, 4.69) is 31.1 Å². The molecule has 0 aliphatic carbocycles. The quantitative estimate of drug-likeness (QED) is 0.831. The van der Waals surface area contributed by atoms with Crippen LogP contribution in [0.1, 0.15) is 36.1 Å². The summed E-state index contributed by atoms with van der Waals surface area (Å²) in [5, 5.41) is 8.25. The van der Waals surface area contributed by atoms with Crippen molar-refractivity contribution in [1.29, 1.82) is 0 Å². The third kappa shape index (κ3) is 2.50. The Bertz CT molecular complexity index is 585. The number of nitrogens with zero attached hydrogens (tertiary/aromatic N) is 6. The first-order valence-corrected chi connectivity index (χ1v) is 7.04. The number of rotatable bonds is 2. The maximum absolute atomic E-state index is 4.57. The number of anilines is 1. The van der Waals surface area contributed by atoms with Crippen molar-refractivity contribution in [2.45, 2.75) is 32.6 Å². The van der Waals surface area contributed by atoms with Crippen molar-refractivity contribution in [1.82, 2.24) is 24.7 Å². The van der Waals surface area contributed by atoms with Gasteiger partial charge in [0.2, 0.25) is 0 Å². The molecule has 0 bridgehead atoms. The van der Waals surface area contributed by atoms with Crippen molar-refractivity contribution in [2.75, 3.05) is 18.0 Å². The first kappa shape index (κ1) is 13.0. The van der Waals surface area contributed by atoms with E-state index in [0.717, 1.165) is 49.1 Å². The van der Waals surface area contributed by atoms with E-state index in [4.69, 9.17) is 0 Å². The predicted molar refractivity (Wildman–Crippen MR) is 76.7 cm³/mol. The van der Waals surface area contributed by atoms with Gasteiger partial charge in [0, 0.05) is 37.8 Å². The van der Waals surface area contributed by atoms with Crippen LogP contribution in [0.5, 0.6) is 0 Å². The molecule has 2 aromatic heterocycles. The molecular weight excluding hydrogens is 252 g/mol. The van der Waals surface area contributed by atoms with Crippen molar-refractivity contribution >= 4 is 5.82 Å². The van der Waals surface area contributed by atoms with Crippen LogP contribution in [-0.2, 0) is 7.05 Å². The average Bonchev–Trinajstić information content (AvgIpc) is 2.84. The summed E-state index contributed by atoms with van der Waals surface area (Å²) in [6, 6.07) is 2.06. The van der Waals surface area contributed by atoms with E-state index in [1.807, 2.05) is 25.5 Å². The zero-order valence-corrected chi connectivity index (χ0v) is 12.2. The van der Waals surface area contributed by atoms with Crippen LogP contribution in [0.25, 0.3) is 0 Å². The van der Waals surface area contributed by atoms with Crippen LogP contribution in [0.3, 0.4) is 0 Å². The number of hydrogen-bond donors (Lipinski definition) is 0. The third-order valence-electron chi connectivity index (χ3n) is 3.81. The number of aryl methyl sites for hydroxylation is 3. The highest BCUT2D eigenvalue weighted by molar-refractivity contribution is 5.40. The van der Waals surface area contributed by atoms with Crippen molar-refractivity contribution in [3.05, 3.63) is 29.7 Å². The van der Waals surface area contributed by atoms with Crippen molar-refractivity contribution in [3.8, 4) is 0 Å². The van der Waals surface area contributed by atoms with Gasteiger partial charge >= 0.3 is 0 Å². The van der Waals surface area contributed by atoms with Crippen molar-refractivity contribution in [3.63, 3.8) is 0 Å². The SMILES string of the molecule is Cc1cc(N2CCCC(c3nncn3C)C2)nc(C)n1. The summed E-state index contributed by atoms with van der Waals surface area (Å²) in [7, 11) is 2.01. The molecule has 6 heteroatoms. The molecule has 0 amide bonds. The van der Waals surface area contributed by atoms with Gasteiger partial charge in [-0.25, -0.2) is 9.97 Å². The Morgan fingerprint density at radius 2 is 2.10 bits per heavy atom. The molecule has 3 rings (SSSR count). The van der Waals surface area contributed by atoms with Gasteiger partial charge in [0.15, 0.2) is 0 Å². The summed E-state index contributed by atoms with van der Waals surface area (Å²) >= 11 is 0. The van der Waals surface area contributed by atoms with E-state index < -0.39 is 0 Å². The fourth-order valence-electron chi connectivity index (χ4n) is 2.92. The third-order valence-corrected chi connectivity index (χ3v) is 3.81. The van der Waals surface area contributed by atoms with Crippen LogP contribution in [0, 0.1) is 13.8 Å². The standard InChI is InChI=1S/C14H20N6/c1-10-7-13(17-11(2)16-10)20-6-4-5-12(8-20)14-18-15-9-19(14)3/h7,9,12H,4-6,8H2,1-3H3. The van der Waals surface area contributed by atoms with E-state index >= 15 is 0 Å². The first-order valence-electron chi connectivity index (χ1n) is 7.04. The molecule has 106 valence electrons. The van der Waals surface area contributed by atoms with Gasteiger partial charge in [0.05, 0.1) is 0 Å². The summed E-state index contributed by atoms with van der Waals surface area (Å²) < 4.78 is 2.02. The summed E-state index contributed by atoms with van der Waals surface area (Å²) in [6.07, 6.45) is 4.08. The van der Waals surface area contributed by atoms with E-state index in [-0.39, 0.29) is 0 Å². The van der Waals surface area contributed by atoms with Crippen LogP contribution in [0.4, 0.5) is 5.82 Å². The second-order valence-electron chi connectivity index (χ2n) is 5.50. The normalized spacial score (nSPS) is 19.4. The smallest absolute Gasteiger partial charge is 0.137 e. The maximum atomic E-state index is 4.57. The molecule has 0 aromatic carbocycles. The molecule has 1 aliphatic rings. The van der Waals surface area contributed by atoms with Gasteiger partial charge in [-0.2, -0.15) is 0 Å². The maximum Gasteiger partial charge on any atom is 0.137 e. The zero-order valence-electron chi connectivity index (χ0n) is 12.2. The van der Waals surface area contributed by atoms with E-state index in [0.29, 0.717) is 5.92 Å². The minimum absolute atomic E-state index is 0.423. The molecule has 0 radical (unpaired) electrons. The summed E-state index contributed by atoms with van der Waals surface area (Å²) in [4.78, 5) is 11.3. The minimum atomic E-state index is 0.423. The van der Waals surface area contributed by atoms with Crippen molar-refractivity contribution < 1.29 is 0 Å². The van der Waals surface area contributed by atoms with Crippen LogP contribution >= 0.6 is 0 Å². The van der Waals surface area contributed by atoms with Gasteiger partial charge in [-0.05, 0) is 26.7 Å². The van der Waals surface area contributed by atoms with Crippen molar-refractivity contribution in [2.24, 2.45) is 7.05 Å². The van der Waals surface area contributed by atoms with Gasteiger partial charge in [0.25, 0.3) is 0 Å². The first-order chi connectivity index (χ1) is 9.63. The largest absolute Gasteiger partial charge is 0.356 e. The molecule has 0 spiro atoms. The molecule has 1 unspecified atom stereocenters. The Balaban J connectivity index is 1.83. The Hall–Kier alpha value is -1.98. The lowest BCUT2D eigenvalue weighted by Crippen LogP contribution is -2.36. The zero-order chi connectivity index (χ0) is 14.1. The monoisotopic (exact) mass is 272 g/mol. The topological polar surface area (TPSA) is 59.7 Å². The predicted octanol–water partition coefficient (Wildman–Crippen LogP) is 1.61. The molecule has 2 aromatic rings. The molecule has 0 N–H and O–H groups in total. The van der Waals surface area contributed by atoms with E-state index in [1.54, 1.807) is 6.33 Å². The van der Waals surface area contributed by atoms with E-state index in [1.165, 1.54) is 0 Å². The van der Waals surface area contributed by atoms with Gasteiger partial charge in [0.1, 0.15) is 23.8 Å². The highest BCUT2D eigenvalue weighted by Gasteiger charge is 2.25. The van der Waals surface area contributed by atoms with Gasteiger partial charge < -0.3 is 9.47 Å². The molecule has 0 saturated carbocycles. The number of aromatic nitrogens is 5. The fourth-order valence-corrected chi connectivity index (χ4v) is 2.92. The Morgan fingerprint density at radius 1 is 1.25 bits per heavy atom. The molecule has 6 nitrogen and oxygen atoms in total. The molecular formula is C14H20N6. The summed E-state index contributed by atoms with van der Waals surface area (Å²) in [6.45, 7) is 5.95. The van der Waals surface area contributed by atoms with Crippen LogP contribution in [0.2, 0.25) is 0 Å². The van der Waals surface area contributed by atoms with Gasteiger partial charge in [-0.3, -0.25) is 0 Å². The minimum Gasteiger partial charge on any atom is -0.356 e. The molecule has 1 aliphatic heterocycles. The fraction of sp³-hybridized carbons (Fsp3) is 0.571. The lowest BCUT2D eigenvalue weighted by Gasteiger charge is -2.33. The van der Waals surface area contributed by atoms with Crippen LogP contribution < -0.4 is 4.90 Å². The van der Waals surface area contributed by atoms with Crippen LogP contribution in [-0.4, -0.2) is 37.8 Å². The Morgan fingerprint density at radius 3 is 2.80 bits per heavy atom. The van der Waals surface area contributed by atoms with Gasteiger partial charge in [-0.15, -0.1) is 10.2 Å². The summed E-state index contributed by atoms with van der Waals surface area (Å²) in [5.74, 6) is 3.35. The molecule has 1 atom stereocenters. The van der Waals surface area contributed by atoms with Gasteiger partial charge in [-0.1, -0.05) is 0 Å². The molecule has 20 heavy (non-hydrogen) atoms. The summed E-state index contributed by atoms with van der Waals surface area (Å²) in [5.41, 5.74) is 1.02. The number of hydrogen-bond acceptors (Lipinski definition) is 5. The number of piperidine rings is 1. The highest BCUT2D eigenvalue weighted by atomic mass is 15.3. The lowest BCUT2D eigenvalue weighted by atomic mass is 9.97. The molecule has 1 fully saturated rings. The molecule has 1 saturated heterocycles. The Labute approximate surface area is 118 Å².